The minimum absolute atomic E-state index is 0.137. The first-order valence-electron chi connectivity index (χ1n) is 6.54. The molecule has 0 aliphatic carbocycles. The van der Waals surface area contributed by atoms with E-state index in [4.69, 9.17) is 9.47 Å². The molecule has 0 saturated carbocycles. The van der Waals surface area contributed by atoms with Crippen LogP contribution in [0.2, 0.25) is 0 Å². The zero-order valence-corrected chi connectivity index (χ0v) is 10.8. The number of carbonyl (C=O) groups is 1. The third-order valence-electron chi connectivity index (χ3n) is 2.42. The second-order valence-electron chi connectivity index (χ2n) is 3.94. The number of esters is 1. The molecule has 96 valence electrons. The first-order chi connectivity index (χ1) is 7.81. The molecule has 0 aromatic heterocycles. The summed E-state index contributed by atoms with van der Waals surface area (Å²) in [5.41, 5.74) is 0. The molecule has 0 aromatic rings. The summed E-state index contributed by atoms with van der Waals surface area (Å²) in [5, 5.41) is 0. The number of unbranched alkanes of at least 4 members (excludes halogenated alkanes) is 5. The Morgan fingerprint density at radius 2 is 1.62 bits per heavy atom. The lowest BCUT2D eigenvalue weighted by Gasteiger charge is -2.04. The minimum atomic E-state index is -0.137. The van der Waals surface area contributed by atoms with E-state index in [0.29, 0.717) is 26.2 Å². The van der Waals surface area contributed by atoms with Crippen molar-refractivity contribution in [3.63, 3.8) is 0 Å². The van der Waals surface area contributed by atoms with Gasteiger partial charge in [-0.2, -0.15) is 0 Å². The van der Waals surface area contributed by atoms with Gasteiger partial charge in [-0.05, 0) is 13.3 Å². The van der Waals surface area contributed by atoms with Gasteiger partial charge in [-0.1, -0.05) is 39.0 Å². The average molecular weight is 230 g/mol. The molecule has 16 heavy (non-hydrogen) atoms. The van der Waals surface area contributed by atoms with E-state index in [1.807, 2.05) is 6.92 Å². The van der Waals surface area contributed by atoms with Crippen molar-refractivity contribution in [1.29, 1.82) is 0 Å². The number of carbonyl (C=O) groups excluding carboxylic acids is 1. The summed E-state index contributed by atoms with van der Waals surface area (Å²) < 4.78 is 10.2. The maximum absolute atomic E-state index is 11.2. The highest BCUT2D eigenvalue weighted by atomic mass is 16.5. The lowest BCUT2D eigenvalue weighted by atomic mass is 10.1. The maximum atomic E-state index is 11.2. The minimum Gasteiger partial charge on any atom is -0.466 e. The molecular formula is C13H26O3. The van der Waals surface area contributed by atoms with E-state index >= 15 is 0 Å². The van der Waals surface area contributed by atoms with Gasteiger partial charge in [0.25, 0.3) is 0 Å². The molecule has 0 spiro atoms. The highest BCUT2D eigenvalue weighted by Crippen LogP contribution is 2.05. The van der Waals surface area contributed by atoms with Gasteiger partial charge in [0, 0.05) is 6.61 Å². The summed E-state index contributed by atoms with van der Waals surface area (Å²) in [6, 6.07) is 0. The van der Waals surface area contributed by atoms with Gasteiger partial charge in [0.05, 0.1) is 19.6 Å². The second-order valence-corrected chi connectivity index (χ2v) is 3.94. The van der Waals surface area contributed by atoms with Crippen molar-refractivity contribution < 1.29 is 14.3 Å². The summed E-state index contributed by atoms with van der Waals surface area (Å²) in [5.74, 6) is -0.137. The van der Waals surface area contributed by atoms with Crippen LogP contribution >= 0.6 is 0 Å². The van der Waals surface area contributed by atoms with Crippen molar-refractivity contribution >= 4 is 5.97 Å². The van der Waals surface area contributed by atoms with E-state index in [-0.39, 0.29) is 5.97 Å². The van der Waals surface area contributed by atoms with Crippen molar-refractivity contribution in [3.8, 4) is 0 Å². The van der Waals surface area contributed by atoms with Gasteiger partial charge in [0.1, 0.15) is 0 Å². The fraction of sp³-hybridized carbons (Fsp3) is 0.923. The number of ether oxygens (including phenoxy) is 2. The van der Waals surface area contributed by atoms with Crippen LogP contribution in [0.15, 0.2) is 0 Å². The fourth-order valence-corrected chi connectivity index (χ4v) is 1.44. The molecule has 0 aliphatic heterocycles. The molecule has 3 nitrogen and oxygen atoms in total. The van der Waals surface area contributed by atoms with Crippen LogP contribution in [0.4, 0.5) is 0 Å². The molecule has 0 unspecified atom stereocenters. The van der Waals surface area contributed by atoms with Crippen molar-refractivity contribution in [2.24, 2.45) is 0 Å². The standard InChI is InChI=1S/C13H26O3/c1-3-5-6-7-8-9-11-16-13(14)10-12-15-4-2/h3-12H2,1-2H3. The molecular weight excluding hydrogens is 204 g/mol. The fourth-order valence-electron chi connectivity index (χ4n) is 1.44. The van der Waals surface area contributed by atoms with E-state index in [0.717, 1.165) is 6.42 Å². The summed E-state index contributed by atoms with van der Waals surface area (Å²) in [7, 11) is 0. The number of rotatable bonds is 11. The van der Waals surface area contributed by atoms with Gasteiger partial charge >= 0.3 is 5.97 Å². The molecule has 3 heteroatoms. The van der Waals surface area contributed by atoms with E-state index < -0.39 is 0 Å². The van der Waals surface area contributed by atoms with Crippen LogP contribution in [0.1, 0.15) is 58.8 Å². The zero-order valence-electron chi connectivity index (χ0n) is 10.8. The molecule has 0 rings (SSSR count). The summed E-state index contributed by atoms with van der Waals surface area (Å²) in [6.45, 7) is 5.83. The Hall–Kier alpha value is -0.570. The monoisotopic (exact) mass is 230 g/mol. The molecule has 0 N–H and O–H groups in total. The normalized spacial score (nSPS) is 10.4. The van der Waals surface area contributed by atoms with E-state index in [1.54, 1.807) is 0 Å². The average Bonchev–Trinajstić information content (AvgIpc) is 2.28. The first kappa shape index (κ1) is 15.4. The van der Waals surface area contributed by atoms with Gasteiger partial charge in [-0.3, -0.25) is 4.79 Å². The van der Waals surface area contributed by atoms with Crippen LogP contribution < -0.4 is 0 Å². The maximum Gasteiger partial charge on any atom is 0.308 e. The van der Waals surface area contributed by atoms with Gasteiger partial charge in [0.15, 0.2) is 0 Å². The summed E-state index contributed by atoms with van der Waals surface area (Å²) in [4.78, 5) is 11.2. The smallest absolute Gasteiger partial charge is 0.308 e. The van der Waals surface area contributed by atoms with Crippen LogP contribution in [-0.2, 0) is 14.3 Å². The number of hydrogen-bond donors (Lipinski definition) is 0. The van der Waals surface area contributed by atoms with Gasteiger partial charge in [0.2, 0.25) is 0 Å². The van der Waals surface area contributed by atoms with Crippen molar-refractivity contribution in [2.75, 3.05) is 19.8 Å². The third-order valence-corrected chi connectivity index (χ3v) is 2.42. The Balaban J connectivity index is 3.09. The molecule has 0 heterocycles. The van der Waals surface area contributed by atoms with Crippen molar-refractivity contribution in [3.05, 3.63) is 0 Å². The van der Waals surface area contributed by atoms with Crippen LogP contribution in [0.25, 0.3) is 0 Å². The van der Waals surface area contributed by atoms with Gasteiger partial charge in [-0.25, -0.2) is 0 Å². The predicted molar refractivity (Wildman–Crippen MR) is 65.4 cm³/mol. The molecule has 0 atom stereocenters. The van der Waals surface area contributed by atoms with Crippen LogP contribution in [0.5, 0.6) is 0 Å². The first-order valence-corrected chi connectivity index (χ1v) is 6.54. The quantitative estimate of drug-likeness (QED) is 0.403. The largest absolute Gasteiger partial charge is 0.466 e. The molecule has 0 amide bonds. The molecule has 0 aliphatic rings. The topological polar surface area (TPSA) is 35.5 Å². The van der Waals surface area contributed by atoms with E-state index in [2.05, 4.69) is 6.92 Å². The molecule has 0 fully saturated rings. The van der Waals surface area contributed by atoms with E-state index in [1.165, 1.54) is 32.1 Å². The highest BCUT2D eigenvalue weighted by molar-refractivity contribution is 5.69. The van der Waals surface area contributed by atoms with Crippen molar-refractivity contribution in [1.82, 2.24) is 0 Å². The zero-order chi connectivity index (χ0) is 12.1. The summed E-state index contributed by atoms with van der Waals surface area (Å²) in [6.07, 6.45) is 7.67. The van der Waals surface area contributed by atoms with Crippen LogP contribution in [0.3, 0.4) is 0 Å². The Labute approximate surface area is 99.5 Å². The molecule has 0 aromatic carbocycles. The Morgan fingerprint density at radius 3 is 2.31 bits per heavy atom. The van der Waals surface area contributed by atoms with Crippen LogP contribution in [-0.4, -0.2) is 25.8 Å². The van der Waals surface area contributed by atoms with Crippen LogP contribution in [0, 0.1) is 0 Å². The lowest BCUT2D eigenvalue weighted by molar-refractivity contribution is -0.144. The lowest BCUT2D eigenvalue weighted by Crippen LogP contribution is -2.09. The van der Waals surface area contributed by atoms with E-state index in [9.17, 15) is 4.79 Å². The molecule has 0 radical (unpaired) electrons. The molecule has 0 bridgehead atoms. The second kappa shape index (κ2) is 12.5. The summed E-state index contributed by atoms with van der Waals surface area (Å²) >= 11 is 0. The highest BCUT2D eigenvalue weighted by Gasteiger charge is 2.01. The Morgan fingerprint density at radius 1 is 0.938 bits per heavy atom. The third kappa shape index (κ3) is 11.5. The Bertz CT molecular complexity index is 157. The van der Waals surface area contributed by atoms with Gasteiger partial charge < -0.3 is 9.47 Å². The Kier molecular flexibility index (Phi) is 12.1. The van der Waals surface area contributed by atoms with Crippen molar-refractivity contribution in [2.45, 2.75) is 58.8 Å². The number of hydrogen-bond acceptors (Lipinski definition) is 3. The van der Waals surface area contributed by atoms with Gasteiger partial charge in [-0.15, -0.1) is 0 Å². The predicted octanol–water partition coefficient (Wildman–Crippen LogP) is 3.32. The molecule has 0 saturated heterocycles. The SMILES string of the molecule is CCCCCCCCOC(=O)CCOCC.